The lowest BCUT2D eigenvalue weighted by Gasteiger charge is -2.35. The van der Waals surface area contributed by atoms with E-state index >= 15 is 0 Å². The monoisotopic (exact) mass is 226 g/mol. The van der Waals surface area contributed by atoms with E-state index in [2.05, 4.69) is 12.2 Å². The van der Waals surface area contributed by atoms with Crippen molar-refractivity contribution in [2.24, 2.45) is 5.92 Å². The number of amides is 2. The Labute approximate surface area is 97.3 Å². The van der Waals surface area contributed by atoms with Crippen LogP contribution in [0.1, 0.15) is 32.6 Å². The maximum absolute atomic E-state index is 11.9. The lowest BCUT2D eigenvalue weighted by Crippen LogP contribution is -2.52. The average molecular weight is 226 g/mol. The number of morpholine rings is 1. The van der Waals surface area contributed by atoms with Crippen molar-refractivity contribution in [3.63, 3.8) is 0 Å². The summed E-state index contributed by atoms with van der Waals surface area (Å²) in [6.07, 6.45) is 4.82. The van der Waals surface area contributed by atoms with Crippen LogP contribution < -0.4 is 5.32 Å². The molecule has 0 aromatic carbocycles. The van der Waals surface area contributed by atoms with Crippen LogP contribution in [0.15, 0.2) is 0 Å². The number of ether oxygens (including phenoxy) is 1. The Morgan fingerprint density at radius 3 is 3.00 bits per heavy atom. The highest BCUT2D eigenvalue weighted by Crippen LogP contribution is 2.31. The van der Waals surface area contributed by atoms with Crippen molar-refractivity contribution in [1.82, 2.24) is 10.2 Å². The number of carbonyl (C=O) groups excluding carboxylic acids is 1. The van der Waals surface area contributed by atoms with Gasteiger partial charge in [-0.25, -0.2) is 4.79 Å². The standard InChI is InChI=1S/C12H22N2O2/c1-2-11-9-16-8-7-14(11)12(15)13-6-5-10-3-4-10/h10-11H,2-9H2,1H3,(H,13,15)/t11-/m1/s1. The largest absolute Gasteiger partial charge is 0.377 e. The quantitative estimate of drug-likeness (QED) is 0.791. The molecule has 92 valence electrons. The van der Waals surface area contributed by atoms with Crippen molar-refractivity contribution >= 4 is 6.03 Å². The summed E-state index contributed by atoms with van der Waals surface area (Å²) < 4.78 is 5.38. The molecule has 1 atom stereocenters. The number of rotatable bonds is 4. The minimum atomic E-state index is 0.0933. The summed E-state index contributed by atoms with van der Waals surface area (Å²) in [7, 11) is 0. The minimum Gasteiger partial charge on any atom is -0.377 e. The van der Waals surface area contributed by atoms with Crippen molar-refractivity contribution in [1.29, 1.82) is 0 Å². The molecule has 1 heterocycles. The molecule has 1 aliphatic heterocycles. The van der Waals surface area contributed by atoms with Crippen LogP contribution in [-0.4, -0.2) is 43.3 Å². The molecule has 0 unspecified atom stereocenters. The molecule has 2 rings (SSSR count). The van der Waals surface area contributed by atoms with E-state index in [1.54, 1.807) is 0 Å². The van der Waals surface area contributed by atoms with Crippen LogP contribution in [0.4, 0.5) is 4.79 Å². The highest BCUT2D eigenvalue weighted by Gasteiger charge is 2.26. The third kappa shape index (κ3) is 3.11. The molecule has 0 spiro atoms. The van der Waals surface area contributed by atoms with Crippen LogP contribution in [-0.2, 0) is 4.74 Å². The Morgan fingerprint density at radius 2 is 2.31 bits per heavy atom. The van der Waals surface area contributed by atoms with Gasteiger partial charge in [0, 0.05) is 13.1 Å². The summed E-state index contributed by atoms with van der Waals surface area (Å²) in [5, 5.41) is 3.02. The van der Waals surface area contributed by atoms with Gasteiger partial charge in [-0.15, -0.1) is 0 Å². The first-order chi connectivity index (χ1) is 7.81. The lowest BCUT2D eigenvalue weighted by atomic mass is 10.2. The molecule has 0 aromatic heterocycles. The molecule has 1 aliphatic carbocycles. The molecule has 16 heavy (non-hydrogen) atoms. The van der Waals surface area contributed by atoms with Gasteiger partial charge in [-0.1, -0.05) is 19.8 Å². The van der Waals surface area contributed by atoms with Crippen LogP contribution in [0, 0.1) is 5.92 Å². The zero-order chi connectivity index (χ0) is 11.4. The zero-order valence-electron chi connectivity index (χ0n) is 10.1. The predicted octanol–water partition coefficient (Wildman–Crippen LogP) is 1.61. The van der Waals surface area contributed by atoms with E-state index < -0.39 is 0 Å². The van der Waals surface area contributed by atoms with Gasteiger partial charge in [-0.05, 0) is 18.8 Å². The molecular weight excluding hydrogens is 204 g/mol. The maximum atomic E-state index is 11.9. The number of nitrogens with zero attached hydrogens (tertiary/aromatic N) is 1. The number of hydrogen-bond donors (Lipinski definition) is 1. The number of carbonyl (C=O) groups is 1. The van der Waals surface area contributed by atoms with Gasteiger partial charge in [0.05, 0.1) is 19.3 Å². The predicted molar refractivity (Wildman–Crippen MR) is 62.3 cm³/mol. The SMILES string of the molecule is CC[C@@H]1COCCN1C(=O)NCCC1CC1. The van der Waals surface area contributed by atoms with Crippen LogP contribution in [0.5, 0.6) is 0 Å². The first kappa shape index (κ1) is 11.7. The molecule has 1 saturated heterocycles. The molecule has 2 aliphatic rings. The molecule has 4 heteroatoms. The van der Waals surface area contributed by atoms with E-state index in [-0.39, 0.29) is 12.1 Å². The van der Waals surface area contributed by atoms with Gasteiger partial charge in [0.2, 0.25) is 0 Å². The fourth-order valence-electron chi connectivity index (χ4n) is 2.15. The average Bonchev–Trinajstić information content (AvgIpc) is 3.13. The minimum absolute atomic E-state index is 0.0933. The van der Waals surface area contributed by atoms with Gasteiger partial charge in [0.1, 0.15) is 0 Å². The second kappa shape index (κ2) is 5.53. The third-order valence-corrected chi connectivity index (χ3v) is 3.49. The van der Waals surface area contributed by atoms with Crippen molar-refractivity contribution in [3.8, 4) is 0 Å². The maximum Gasteiger partial charge on any atom is 0.317 e. The Morgan fingerprint density at radius 1 is 1.50 bits per heavy atom. The van der Waals surface area contributed by atoms with Gasteiger partial charge in [-0.3, -0.25) is 0 Å². The van der Waals surface area contributed by atoms with Gasteiger partial charge < -0.3 is 15.0 Å². The molecule has 0 aromatic rings. The third-order valence-electron chi connectivity index (χ3n) is 3.49. The van der Waals surface area contributed by atoms with E-state index in [1.807, 2.05) is 4.90 Å². The smallest absolute Gasteiger partial charge is 0.317 e. The zero-order valence-corrected chi connectivity index (χ0v) is 10.1. The summed E-state index contributed by atoms with van der Waals surface area (Å²) >= 11 is 0. The van der Waals surface area contributed by atoms with Crippen molar-refractivity contribution < 1.29 is 9.53 Å². The first-order valence-corrected chi connectivity index (χ1v) is 6.43. The number of hydrogen-bond acceptors (Lipinski definition) is 2. The highest BCUT2D eigenvalue weighted by molar-refractivity contribution is 5.74. The van der Waals surface area contributed by atoms with Crippen LogP contribution in [0.3, 0.4) is 0 Å². The molecule has 1 saturated carbocycles. The second-order valence-corrected chi connectivity index (χ2v) is 4.79. The molecule has 2 amide bonds. The van der Waals surface area contributed by atoms with E-state index in [0.29, 0.717) is 13.2 Å². The van der Waals surface area contributed by atoms with E-state index in [9.17, 15) is 4.79 Å². The van der Waals surface area contributed by atoms with Gasteiger partial charge in [0.15, 0.2) is 0 Å². The fraction of sp³-hybridized carbons (Fsp3) is 0.917. The molecule has 1 N–H and O–H groups in total. The molecule has 0 bridgehead atoms. The summed E-state index contributed by atoms with van der Waals surface area (Å²) in [5.74, 6) is 0.881. The van der Waals surface area contributed by atoms with Gasteiger partial charge in [-0.2, -0.15) is 0 Å². The van der Waals surface area contributed by atoms with Gasteiger partial charge in [0.25, 0.3) is 0 Å². The first-order valence-electron chi connectivity index (χ1n) is 6.43. The Balaban J connectivity index is 1.72. The number of urea groups is 1. The molecule has 2 fully saturated rings. The molecule has 4 nitrogen and oxygen atoms in total. The number of nitrogens with one attached hydrogen (secondary N) is 1. The van der Waals surface area contributed by atoms with Crippen molar-refractivity contribution in [2.45, 2.75) is 38.6 Å². The van der Waals surface area contributed by atoms with Crippen molar-refractivity contribution in [2.75, 3.05) is 26.3 Å². The Bertz CT molecular complexity index is 241. The Hall–Kier alpha value is -0.770. The Kier molecular flexibility index (Phi) is 4.04. The van der Waals surface area contributed by atoms with E-state index in [1.165, 1.54) is 12.8 Å². The summed E-state index contributed by atoms with van der Waals surface area (Å²) in [6, 6.07) is 0.352. The molecular formula is C12H22N2O2. The fourth-order valence-corrected chi connectivity index (χ4v) is 2.15. The van der Waals surface area contributed by atoms with E-state index in [4.69, 9.17) is 4.74 Å². The normalized spacial score (nSPS) is 25.6. The molecule has 0 radical (unpaired) electrons. The topological polar surface area (TPSA) is 41.6 Å². The lowest BCUT2D eigenvalue weighted by molar-refractivity contribution is 0.0113. The van der Waals surface area contributed by atoms with Crippen LogP contribution in [0.2, 0.25) is 0 Å². The van der Waals surface area contributed by atoms with Gasteiger partial charge >= 0.3 is 6.03 Å². The summed E-state index contributed by atoms with van der Waals surface area (Å²) in [5.41, 5.74) is 0. The van der Waals surface area contributed by atoms with Crippen molar-refractivity contribution in [3.05, 3.63) is 0 Å². The highest BCUT2D eigenvalue weighted by atomic mass is 16.5. The second-order valence-electron chi connectivity index (χ2n) is 4.79. The summed E-state index contributed by atoms with van der Waals surface area (Å²) in [4.78, 5) is 13.9. The van der Waals surface area contributed by atoms with Crippen LogP contribution >= 0.6 is 0 Å². The van der Waals surface area contributed by atoms with E-state index in [0.717, 1.165) is 31.8 Å². The van der Waals surface area contributed by atoms with Crippen LogP contribution in [0.25, 0.3) is 0 Å². The summed E-state index contributed by atoms with van der Waals surface area (Å²) in [6.45, 7) is 5.02.